The molecule has 0 spiro atoms. The second-order valence-corrected chi connectivity index (χ2v) is 8.83. The van der Waals surface area contributed by atoms with Gasteiger partial charge in [-0.3, -0.25) is 4.79 Å². The second kappa shape index (κ2) is 7.71. The van der Waals surface area contributed by atoms with Crippen LogP contribution in [0.4, 0.5) is 10.5 Å². The maximum atomic E-state index is 13.2. The lowest BCUT2D eigenvalue weighted by Gasteiger charge is -2.57. The molecule has 160 valence electrons. The zero-order valence-corrected chi connectivity index (χ0v) is 18.1. The predicted octanol–water partition coefficient (Wildman–Crippen LogP) is 2.71. The number of likely N-dealkylation sites (tertiary alicyclic amines) is 1. The Balaban J connectivity index is 1.67. The number of rotatable bonds is 3. The van der Waals surface area contributed by atoms with E-state index in [-0.39, 0.29) is 23.5 Å². The lowest BCUT2D eigenvalue weighted by molar-refractivity contribution is 0.0214. The largest absolute Gasteiger partial charge is 0.366 e. The van der Waals surface area contributed by atoms with Crippen LogP contribution in [0.5, 0.6) is 0 Å². The molecule has 2 aromatic carbocycles. The molecule has 3 amide bonds. The summed E-state index contributed by atoms with van der Waals surface area (Å²) in [5.41, 5.74) is 9.26. The standard InChI is InChI=1S/C24H27N5O2/c1-24-10-11-28(2)20(13-16-6-7-17(22(26)30)12-19(16)24)21(24)29(3)23(31)27-18-8-4-15(14-25)5-9-18/h4-9,12,20-21H,10-11,13H2,1-3H3,(H2,26,30)(H,27,31)/t20-,21+,24+/m1/s1. The quantitative estimate of drug-likeness (QED) is 0.801. The predicted molar refractivity (Wildman–Crippen MR) is 119 cm³/mol. The fourth-order valence-electron chi connectivity index (χ4n) is 5.27. The summed E-state index contributed by atoms with van der Waals surface area (Å²) in [6.45, 7) is 3.11. The van der Waals surface area contributed by atoms with Gasteiger partial charge in [-0.15, -0.1) is 0 Å². The molecule has 1 heterocycles. The number of piperidine rings is 1. The van der Waals surface area contributed by atoms with Gasteiger partial charge in [0.2, 0.25) is 5.91 Å². The van der Waals surface area contributed by atoms with E-state index < -0.39 is 5.91 Å². The highest BCUT2D eigenvalue weighted by molar-refractivity contribution is 5.93. The Morgan fingerprint density at radius 2 is 1.97 bits per heavy atom. The molecule has 1 aliphatic heterocycles. The van der Waals surface area contributed by atoms with Gasteiger partial charge in [-0.25, -0.2) is 4.79 Å². The molecule has 4 rings (SSSR count). The molecule has 0 radical (unpaired) electrons. The van der Waals surface area contributed by atoms with Crippen molar-refractivity contribution in [1.82, 2.24) is 9.80 Å². The van der Waals surface area contributed by atoms with E-state index >= 15 is 0 Å². The summed E-state index contributed by atoms with van der Waals surface area (Å²) in [4.78, 5) is 29.1. The average molecular weight is 418 g/mol. The first-order valence-corrected chi connectivity index (χ1v) is 10.4. The molecule has 2 aromatic rings. The van der Waals surface area contributed by atoms with E-state index in [2.05, 4.69) is 30.3 Å². The summed E-state index contributed by atoms with van der Waals surface area (Å²) < 4.78 is 0. The summed E-state index contributed by atoms with van der Waals surface area (Å²) in [5.74, 6) is -0.440. The number of carbonyl (C=O) groups is 2. The monoisotopic (exact) mass is 417 g/mol. The number of fused-ring (bicyclic) bond motifs is 4. The van der Waals surface area contributed by atoms with E-state index in [1.807, 2.05) is 19.2 Å². The molecular weight excluding hydrogens is 390 g/mol. The lowest BCUT2D eigenvalue weighted by atomic mass is 9.61. The van der Waals surface area contributed by atoms with E-state index in [0.717, 1.165) is 24.9 Å². The van der Waals surface area contributed by atoms with Gasteiger partial charge >= 0.3 is 6.03 Å². The third-order valence-corrected chi connectivity index (χ3v) is 7.01. The van der Waals surface area contributed by atoms with Crippen molar-refractivity contribution in [2.75, 3.05) is 26.0 Å². The molecule has 3 atom stereocenters. The molecule has 1 aliphatic carbocycles. The van der Waals surface area contributed by atoms with Crippen molar-refractivity contribution in [3.8, 4) is 6.07 Å². The van der Waals surface area contributed by atoms with Gasteiger partial charge in [0.15, 0.2) is 0 Å². The first kappa shape index (κ1) is 20.9. The van der Waals surface area contributed by atoms with Gasteiger partial charge in [0.05, 0.1) is 17.7 Å². The van der Waals surface area contributed by atoms with Gasteiger partial charge in [-0.1, -0.05) is 13.0 Å². The number of urea groups is 1. The number of benzene rings is 2. The summed E-state index contributed by atoms with van der Waals surface area (Å²) in [5, 5.41) is 11.9. The molecule has 1 saturated heterocycles. The van der Waals surface area contributed by atoms with Gasteiger partial charge in [0.1, 0.15) is 0 Å². The SMILES string of the molecule is CN1CC[C@@]2(C)c3cc(C(N)=O)ccc3C[C@@H]1[C@@H]2N(C)C(=O)Nc1ccc(C#N)cc1. The van der Waals surface area contributed by atoms with E-state index in [4.69, 9.17) is 11.0 Å². The van der Waals surface area contributed by atoms with Crippen LogP contribution in [0, 0.1) is 11.3 Å². The molecule has 1 fully saturated rings. The topological polar surface area (TPSA) is 102 Å². The number of nitrogens with two attached hydrogens (primary N) is 1. The molecule has 2 aliphatic rings. The van der Waals surface area contributed by atoms with Gasteiger partial charge in [0.25, 0.3) is 0 Å². The zero-order chi connectivity index (χ0) is 22.3. The molecule has 31 heavy (non-hydrogen) atoms. The number of amides is 3. The van der Waals surface area contributed by atoms with Gasteiger partial charge < -0.3 is 20.9 Å². The number of nitrogens with zero attached hydrogens (tertiary/aromatic N) is 3. The van der Waals surface area contributed by atoms with Gasteiger partial charge in [-0.05, 0) is 74.0 Å². The van der Waals surface area contributed by atoms with E-state index in [1.54, 1.807) is 35.2 Å². The van der Waals surface area contributed by atoms with Crippen LogP contribution in [0.3, 0.4) is 0 Å². The molecule has 3 N–H and O–H groups in total. The molecule has 0 saturated carbocycles. The Morgan fingerprint density at radius 3 is 2.61 bits per heavy atom. The normalized spacial score (nSPS) is 24.6. The minimum atomic E-state index is -0.440. The Morgan fingerprint density at radius 1 is 1.26 bits per heavy atom. The number of anilines is 1. The number of primary amides is 1. The highest BCUT2D eigenvalue weighted by atomic mass is 16.2. The fraction of sp³-hybridized carbons (Fsp3) is 0.375. The van der Waals surface area contributed by atoms with E-state index in [0.29, 0.717) is 16.8 Å². The minimum absolute atomic E-state index is 0.0692. The van der Waals surface area contributed by atoms with Crippen LogP contribution in [-0.2, 0) is 11.8 Å². The zero-order valence-electron chi connectivity index (χ0n) is 18.1. The number of nitrogens with one attached hydrogen (secondary N) is 1. The number of hydrogen-bond donors (Lipinski definition) is 2. The van der Waals surface area contributed by atoms with Crippen molar-refractivity contribution in [3.63, 3.8) is 0 Å². The average Bonchev–Trinajstić information content (AvgIpc) is 2.76. The Hall–Kier alpha value is -3.37. The summed E-state index contributed by atoms with van der Waals surface area (Å²) in [6.07, 6.45) is 1.67. The highest BCUT2D eigenvalue weighted by Gasteiger charge is 2.52. The first-order valence-electron chi connectivity index (χ1n) is 10.4. The minimum Gasteiger partial charge on any atom is -0.366 e. The number of likely N-dealkylation sites (N-methyl/N-ethyl adjacent to an activating group) is 2. The Labute approximate surface area is 182 Å². The maximum Gasteiger partial charge on any atom is 0.321 e. The van der Waals surface area contributed by atoms with Crippen LogP contribution in [0.25, 0.3) is 0 Å². The second-order valence-electron chi connectivity index (χ2n) is 8.83. The number of carbonyl (C=O) groups excluding carboxylic acids is 2. The number of hydrogen-bond acceptors (Lipinski definition) is 4. The van der Waals surface area contributed by atoms with Crippen molar-refractivity contribution in [3.05, 3.63) is 64.7 Å². The van der Waals surface area contributed by atoms with Crippen molar-refractivity contribution >= 4 is 17.6 Å². The number of nitriles is 1. The Kier molecular flexibility index (Phi) is 5.19. The van der Waals surface area contributed by atoms with Crippen LogP contribution in [0.1, 0.15) is 40.4 Å². The van der Waals surface area contributed by atoms with Crippen LogP contribution in [0.15, 0.2) is 42.5 Å². The fourth-order valence-corrected chi connectivity index (χ4v) is 5.27. The van der Waals surface area contributed by atoms with E-state index in [9.17, 15) is 9.59 Å². The Bertz CT molecular complexity index is 1070. The third kappa shape index (κ3) is 3.53. The molecule has 0 aromatic heterocycles. The first-order chi connectivity index (χ1) is 14.7. The third-order valence-electron chi connectivity index (χ3n) is 7.01. The van der Waals surface area contributed by atoms with Gasteiger partial charge in [0, 0.05) is 29.8 Å². The molecule has 2 bridgehead atoms. The van der Waals surface area contributed by atoms with Crippen LogP contribution >= 0.6 is 0 Å². The molecule has 0 unspecified atom stereocenters. The molecule has 7 nitrogen and oxygen atoms in total. The van der Waals surface area contributed by atoms with Crippen LogP contribution < -0.4 is 11.1 Å². The summed E-state index contributed by atoms with van der Waals surface area (Å²) in [6, 6.07) is 14.5. The smallest absolute Gasteiger partial charge is 0.321 e. The van der Waals surface area contributed by atoms with Crippen molar-refractivity contribution < 1.29 is 9.59 Å². The van der Waals surface area contributed by atoms with Crippen LogP contribution in [-0.4, -0.2) is 54.5 Å². The van der Waals surface area contributed by atoms with Gasteiger partial charge in [-0.2, -0.15) is 5.26 Å². The van der Waals surface area contributed by atoms with Crippen LogP contribution in [0.2, 0.25) is 0 Å². The highest BCUT2D eigenvalue weighted by Crippen LogP contribution is 2.46. The maximum absolute atomic E-state index is 13.2. The van der Waals surface area contributed by atoms with Crippen molar-refractivity contribution in [1.29, 1.82) is 5.26 Å². The summed E-state index contributed by atoms with van der Waals surface area (Å²) in [7, 11) is 3.93. The van der Waals surface area contributed by atoms with Crippen molar-refractivity contribution in [2.24, 2.45) is 5.73 Å². The van der Waals surface area contributed by atoms with Crippen molar-refractivity contribution in [2.45, 2.75) is 37.3 Å². The lowest BCUT2D eigenvalue weighted by Crippen LogP contribution is -2.67. The molecular formula is C24H27N5O2. The summed E-state index contributed by atoms with van der Waals surface area (Å²) >= 11 is 0. The van der Waals surface area contributed by atoms with E-state index in [1.165, 1.54) is 5.56 Å². The molecule has 7 heteroatoms.